The summed E-state index contributed by atoms with van der Waals surface area (Å²) >= 11 is 1.48. The summed E-state index contributed by atoms with van der Waals surface area (Å²) in [5.74, 6) is 0.238. The van der Waals surface area contributed by atoms with Crippen LogP contribution < -0.4 is 0 Å². The summed E-state index contributed by atoms with van der Waals surface area (Å²) in [7, 11) is 0. The van der Waals surface area contributed by atoms with Gasteiger partial charge in [-0.25, -0.2) is 0 Å². The van der Waals surface area contributed by atoms with Crippen molar-refractivity contribution in [2.75, 3.05) is 18.1 Å². The Bertz CT molecular complexity index is 256. The summed E-state index contributed by atoms with van der Waals surface area (Å²) < 4.78 is 5.13. The third-order valence-electron chi connectivity index (χ3n) is 2.92. The summed E-state index contributed by atoms with van der Waals surface area (Å²) in [5.41, 5.74) is 0. The lowest BCUT2D eigenvalue weighted by molar-refractivity contribution is -0.143. The van der Waals surface area contributed by atoms with Crippen molar-refractivity contribution in [1.29, 1.82) is 0 Å². The number of carbonyl (C=O) groups is 2. The summed E-state index contributed by atoms with van der Waals surface area (Å²) in [6.45, 7) is 2.73. The fraction of sp³-hybridized carbons (Fsp3) is 0.867. The molecule has 0 amide bonds. The van der Waals surface area contributed by atoms with Gasteiger partial charge in [0.25, 0.3) is 0 Å². The van der Waals surface area contributed by atoms with Crippen LogP contribution in [0.2, 0.25) is 0 Å². The van der Waals surface area contributed by atoms with Gasteiger partial charge < -0.3 is 9.84 Å². The molecule has 0 aromatic heterocycles. The van der Waals surface area contributed by atoms with E-state index in [2.05, 4.69) is 6.92 Å². The molecule has 0 aromatic rings. The van der Waals surface area contributed by atoms with E-state index < -0.39 is 5.97 Å². The van der Waals surface area contributed by atoms with Crippen molar-refractivity contribution in [1.82, 2.24) is 0 Å². The predicted octanol–water partition coefficient (Wildman–Crippen LogP) is 3.88. The lowest BCUT2D eigenvalue weighted by Gasteiger charge is -2.05. The van der Waals surface area contributed by atoms with Crippen LogP contribution in [0.4, 0.5) is 0 Å². The lowest BCUT2D eigenvalue weighted by Crippen LogP contribution is -2.07. The second-order valence-electron chi connectivity index (χ2n) is 4.85. The molecule has 0 heterocycles. The summed E-state index contributed by atoms with van der Waals surface area (Å²) in [6.07, 6.45) is 9.00. The molecule has 0 saturated heterocycles. The van der Waals surface area contributed by atoms with E-state index in [1.165, 1.54) is 43.9 Å². The zero-order valence-electron chi connectivity index (χ0n) is 12.6. The van der Waals surface area contributed by atoms with E-state index in [1.54, 1.807) is 0 Å². The number of esters is 1. The molecule has 1 N–H and O–H groups in total. The lowest BCUT2D eigenvalue weighted by atomic mass is 10.1. The minimum absolute atomic E-state index is 0.151. The standard InChI is InChI=1S/C15H28O4S/c1-2-3-4-5-6-7-8-11-19-15(18)10-13-20-12-9-14(16)17/h2-13H2,1H3,(H,16,17). The van der Waals surface area contributed by atoms with Crippen LogP contribution >= 0.6 is 11.8 Å². The summed E-state index contributed by atoms with van der Waals surface area (Å²) in [4.78, 5) is 21.6. The first-order valence-electron chi connectivity index (χ1n) is 7.62. The molecule has 0 aliphatic carbocycles. The van der Waals surface area contributed by atoms with Crippen molar-refractivity contribution in [3.8, 4) is 0 Å². The number of hydrogen-bond acceptors (Lipinski definition) is 4. The summed E-state index contributed by atoms with van der Waals surface area (Å²) in [6, 6.07) is 0. The van der Waals surface area contributed by atoms with Gasteiger partial charge in [-0.3, -0.25) is 9.59 Å². The monoisotopic (exact) mass is 304 g/mol. The third kappa shape index (κ3) is 15.3. The Balaban J connectivity index is 3.18. The highest BCUT2D eigenvalue weighted by molar-refractivity contribution is 7.99. The zero-order chi connectivity index (χ0) is 15.1. The van der Waals surface area contributed by atoms with E-state index in [0.717, 1.165) is 12.8 Å². The van der Waals surface area contributed by atoms with Crippen molar-refractivity contribution in [3.63, 3.8) is 0 Å². The molecule has 0 rings (SSSR count). The number of hydrogen-bond donors (Lipinski definition) is 1. The molecule has 5 heteroatoms. The molecule has 118 valence electrons. The molecule has 0 aliphatic heterocycles. The number of thioether (sulfide) groups is 1. The fourth-order valence-corrected chi connectivity index (χ4v) is 2.57. The smallest absolute Gasteiger partial charge is 0.306 e. The molecule has 0 spiro atoms. The molecule has 0 saturated carbocycles. The highest BCUT2D eigenvalue weighted by Crippen LogP contribution is 2.08. The molecule has 0 atom stereocenters. The van der Waals surface area contributed by atoms with Gasteiger partial charge in [0, 0.05) is 11.5 Å². The van der Waals surface area contributed by atoms with E-state index in [0.29, 0.717) is 24.5 Å². The van der Waals surface area contributed by atoms with E-state index in [1.807, 2.05) is 0 Å². The van der Waals surface area contributed by atoms with Crippen LogP contribution in [0.15, 0.2) is 0 Å². The van der Waals surface area contributed by atoms with Gasteiger partial charge in [0.1, 0.15) is 0 Å². The first kappa shape index (κ1) is 19.3. The van der Waals surface area contributed by atoms with Gasteiger partial charge in [-0.05, 0) is 6.42 Å². The maximum atomic E-state index is 11.4. The number of aliphatic carboxylic acids is 1. The maximum Gasteiger partial charge on any atom is 0.306 e. The van der Waals surface area contributed by atoms with Crippen LogP contribution in [-0.4, -0.2) is 35.2 Å². The van der Waals surface area contributed by atoms with Crippen LogP contribution in [0.3, 0.4) is 0 Å². The Labute approximate surface area is 126 Å². The normalized spacial score (nSPS) is 10.4. The Morgan fingerprint density at radius 2 is 1.55 bits per heavy atom. The first-order chi connectivity index (χ1) is 9.66. The van der Waals surface area contributed by atoms with Gasteiger partial charge in [0.15, 0.2) is 0 Å². The van der Waals surface area contributed by atoms with E-state index in [9.17, 15) is 9.59 Å². The average molecular weight is 304 g/mol. The molecule has 0 bridgehead atoms. The number of carboxylic acids is 1. The topological polar surface area (TPSA) is 63.6 Å². The van der Waals surface area contributed by atoms with Gasteiger partial charge in [-0.2, -0.15) is 11.8 Å². The van der Waals surface area contributed by atoms with Crippen LogP contribution in [0, 0.1) is 0 Å². The van der Waals surface area contributed by atoms with Gasteiger partial charge in [-0.15, -0.1) is 0 Å². The summed E-state index contributed by atoms with van der Waals surface area (Å²) in [5, 5.41) is 8.45. The second-order valence-corrected chi connectivity index (χ2v) is 6.07. The number of carboxylic acid groups (broad SMARTS) is 1. The molecule has 0 aromatic carbocycles. The van der Waals surface area contributed by atoms with Crippen LogP contribution in [0.5, 0.6) is 0 Å². The number of carbonyl (C=O) groups excluding carboxylic acids is 1. The van der Waals surface area contributed by atoms with Crippen LogP contribution in [0.25, 0.3) is 0 Å². The third-order valence-corrected chi connectivity index (χ3v) is 3.91. The molecule has 0 radical (unpaired) electrons. The van der Waals surface area contributed by atoms with Crippen LogP contribution in [-0.2, 0) is 14.3 Å². The SMILES string of the molecule is CCCCCCCCCOC(=O)CCSCCC(=O)O. The second kappa shape index (κ2) is 14.7. The van der Waals surface area contributed by atoms with Gasteiger partial charge in [0.2, 0.25) is 0 Å². The van der Waals surface area contributed by atoms with Crippen LogP contribution in [0.1, 0.15) is 64.7 Å². The molecule has 20 heavy (non-hydrogen) atoms. The van der Waals surface area contributed by atoms with Gasteiger partial charge in [-0.1, -0.05) is 45.4 Å². The van der Waals surface area contributed by atoms with Crippen molar-refractivity contribution in [2.24, 2.45) is 0 Å². The van der Waals surface area contributed by atoms with Gasteiger partial charge >= 0.3 is 11.9 Å². The predicted molar refractivity (Wildman–Crippen MR) is 83.1 cm³/mol. The maximum absolute atomic E-state index is 11.4. The zero-order valence-corrected chi connectivity index (χ0v) is 13.4. The van der Waals surface area contributed by atoms with E-state index in [-0.39, 0.29) is 12.4 Å². The number of ether oxygens (including phenoxy) is 1. The van der Waals surface area contributed by atoms with Gasteiger partial charge in [0.05, 0.1) is 19.4 Å². The number of rotatable bonds is 14. The fourth-order valence-electron chi connectivity index (χ4n) is 1.73. The molecule has 0 unspecified atom stereocenters. The van der Waals surface area contributed by atoms with Crippen molar-refractivity contribution in [3.05, 3.63) is 0 Å². The van der Waals surface area contributed by atoms with E-state index in [4.69, 9.17) is 9.84 Å². The minimum atomic E-state index is -0.793. The minimum Gasteiger partial charge on any atom is -0.481 e. The average Bonchev–Trinajstić information content (AvgIpc) is 2.41. The first-order valence-corrected chi connectivity index (χ1v) is 8.77. The van der Waals surface area contributed by atoms with E-state index >= 15 is 0 Å². The Hall–Kier alpha value is -0.710. The molecular weight excluding hydrogens is 276 g/mol. The largest absolute Gasteiger partial charge is 0.481 e. The Morgan fingerprint density at radius 1 is 0.950 bits per heavy atom. The molecular formula is C15H28O4S. The highest BCUT2D eigenvalue weighted by Gasteiger charge is 2.03. The highest BCUT2D eigenvalue weighted by atomic mass is 32.2. The Morgan fingerprint density at radius 3 is 2.20 bits per heavy atom. The van der Waals surface area contributed by atoms with Crippen molar-refractivity contribution in [2.45, 2.75) is 64.7 Å². The molecule has 4 nitrogen and oxygen atoms in total. The number of unbranched alkanes of at least 4 members (excludes halogenated alkanes) is 6. The van der Waals surface area contributed by atoms with Crippen molar-refractivity contribution >= 4 is 23.7 Å². The van der Waals surface area contributed by atoms with Crippen molar-refractivity contribution < 1.29 is 19.4 Å². The quantitative estimate of drug-likeness (QED) is 0.390. The molecule has 0 fully saturated rings. The molecule has 0 aliphatic rings. The Kier molecular flexibility index (Phi) is 14.2.